The molecule has 0 aliphatic carbocycles. The summed E-state index contributed by atoms with van der Waals surface area (Å²) >= 11 is 5.79. The van der Waals surface area contributed by atoms with E-state index in [2.05, 4.69) is 24.3 Å². The van der Waals surface area contributed by atoms with E-state index in [1.165, 1.54) is 6.07 Å². The van der Waals surface area contributed by atoms with Gasteiger partial charge in [0.25, 0.3) is 0 Å². The van der Waals surface area contributed by atoms with Crippen LogP contribution in [0.4, 0.5) is 4.39 Å². The Labute approximate surface area is 123 Å². The highest BCUT2D eigenvalue weighted by atomic mass is 35.5. The molecule has 0 fully saturated rings. The number of hydrogen-bond acceptors (Lipinski definition) is 2. The normalized spacial score (nSPS) is 12.9. The summed E-state index contributed by atoms with van der Waals surface area (Å²) in [5.41, 5.74) is 1.54. The minimum atomic E-state index is -0.292. The van der Waals surface area contributed by atoms with Crippen LogP contribution in [0.25, 0.3) is 0 Å². The lowest BCUT2D eigenvalue weighted by atomic mass is 10.0. The van der Waals surface area contributed by atoms with Crippen molar-refractivity contribution in [1.29, 1.82) is 0 Å². The zero-order chi connectivity index (χ0) is 14.7. The first kappa shape index (κ1) is 15.0. The minimum absolute atomic E-state index is 0.122. The summed E-state index contributed by atoms with van der Waals surface area (Å²) in [4.78, 5) is 0. The standard InChI is InChI=1S/C15H19ClFN3/c1-10(2)20-7-6-12(19-20)9-15(18-3)13-5-4-11(16)8-14(13)17/h4-8,10,15,18H,9H2,1-3H3. The second-order valence-corrected chi connectivity index (χ2v) is 5.53. The van der Waals surface area contributed by atoms with Gasteiger partial charge in [-0.25, -0.2) is 4.39 Å². The van der Waals surface area contributed by atoms with Gasteiger partial charge in [-0.1, -0.05) is 17.7 Å². The third-order valence-corrected chi connectivity index (χ3v) is 3.53. The summed E-state index contributed by atoms with van der Waals surface area (Å²) < 4.78 is 15.9. The summed E-state index contributed by atoms with van der Waals surface area (Å²) in [5.74, 6) is -0.292. The molecule has 5 heteroatoms. The van der Waals surface area contributed by atoms with Crippen molar-refractivity contribution in [2.75, 3.05) is 7.05 Å². The highest BCUT2D eigenvalue weighted by molar-refractivity contribution is 6.30. The maximum absolute atomic E-state index is 14.0. The molecule has 0 saturated carbocycles. The number of nitrogens with one attached hydrogen (secondary N) is 1. The topological polar surface area (TPSA) is 29.9 Å². The number of rotatable bonds is 5. The van der Waals surface area contributed by atoms with E-state index in [4.69, 9.17) is 11.6 Å². The van der Waals surface area contributed by atoms with Crippen molar-refractivity contribution in [1.82, 2.24) is 15.1 Å². The molecule has 0 radical (unpaired) electrons. The lowest BCUT2D eigenvalue weighted by Gasteiger charge is -2.16. The minimum Gasteiger partial charge on any atom is -0.313 e. The molecular weight excluding hydrogens is 277 g/mol. The van der Waals surface area contributed by atoms with Crippen LogP contribution in [0.2, 0.25) is 5.02 Å². The van der Waals surface area contributed by atoms with Gasteiger partial charge in [-0.15, -0.1) is 0 Å². The first-order chi connectivity index (χ1) is 9.51. The molecule has 108 valence electrons. The van der Waals surface area contributed by atoms with Crippen LogP contribution in [0, 0.1) is 5.82 Å². The lowest BCUT2D eigenvalue weighted by Crippen LogP contribution is -2.20. The van der Waals surface area contributed by atoms with Crippen molar-refractivity contribution < 1.29 is 4.39 Å². The average molecular weight is 296 g/mol. The first-order valence-corrected chi connectivity index (χ1v) is 7.05. The molecule has 3 nitrogen and oxygen atoms in total. The number of benzene rings is 1. The Morgan fingerprint density at radius 1 is 1.35 bits per heavy atom. The second kappa shape index (κ2) is 6.37. The smallest absolute Gasteiger partial charge is 0.129 e. The SMILES string of the molecule is CNC(Cc1ccn(C(C)C)n1)c1ccc(Cl)cc1F. The van der Waals surface area contributed by atoms with E-state index in [9.17, 15) is 4.39 Å². The number of halogens is 2. The van der Waals surface area contributed by atoms with Gasteiger partial charge in [-0.3, -0.25) is 4.68 Å². The summed E-state index contributed by atoms with van der Waals surface area (Å²) in [7, 11) is 1.82. The van der Waals surface area contributed by atoms with Gasteiger partial charge in [0.2, 0.25) is 0 Å². The summed E-state index contributed by atoms with van der Waals surface area (Å²) in [5, 5.41) is 8.04. The van der Waals surface area contributed by atoms with Crippen LogP contribution in [0.1, 0.15) is 37.2 Å². The van der Waals surface area contributed by atoms with Crippen LogP contribution >= 0.6 is 11.6 Å². The summed E-state index contributed by atoms with van der Waals surface area (Å²) in [6.07, 6.45) is 2.58. The van der Waals surface area contributed by atoms with E-state index >= 15 is 0 Å². The largest absolute Gasteiger partial charge is 0.313 e. The van der Waals surface area contributed by atoms with Crippen LogP contribution in [0.15, 0.2) is 30.5 Å². The van der Waals surface area contributed by atoms with Crippen molar-refractivity contribution in [3.63, 3.8) is 0 Å². The van der Waals surface area contributed by atoms with Crippen LogP contribution in [-0.2, 0) is 6.42 Å². The molecule has 0 spiro atoms. The molecule has 1 N–H and O–H groups in total. The number of likely N-dealkylation sites (N-methyl/N-ethyl adjacent to an activating group) is 1. The number of nitrogens with zero attached hydrogens (tertiary/aromatic N) is 2. The fourth-order valence-electron chi connectivity index (χ4n) is 2.13. The second-order valence-electron chi connectivity index (χ2n) is 5.09. The molecule has 0 saturated heterocycles. The van der Waals surface area contributed by atoms with Crippen molar-refractivity contribution in [3.8, 4) is 0 Å². The Bertz CT molecular complexity index is 580. The van der Waals surface area contributed by atoms with Crippen LogP contribution in [0.5, 0.6) is 0 Å². The van der Waals surface area contributed by atoms with Crippen molar-refractivity contribution in [3.05, 3.63) is 52.6 Å². The Kier molecular flexibility index (Phi) is 4.78. The van der Waals surface area contributed by atoms with Crippen LogP contribution < -0.4 is 5.32 Å². The molecule has 1 unspecified atom stereocenters. The number of hydrogen-bond donors (Lipinski definition) is 1. The van der Waals surface area contributed by atoms with E-state index < -0.39 is 0 Å². The van der Waals surface area contributed by atoms with E-state index in [1.807, 2.05) is 24.0 Å². The molecule has 0 aliphatic heterocycles. The predicted molar refractivity (Wildman–Crippen MR) is 79.5 cm³/mol. The molecule has 0 amide bonds. The van der Waals surface area contributed by atoms with Gasteiger partial charge >= 0.3 is 0 Å². The van der Waals surface area contributed by atoms with Gasteiger partial charge in [0, 0.05) is 35.3 Å². The molecular formula is C15H19ClFN3. The Hall–Kier alpha value is -1.39. The maximum atomic E-state index is 14.0. The molecule has 1 heterocycles. The van der Waals surface area contributed by atoms with Gasteiger partial charge < -0.3 is 5.32 Å². The quantitative estimate of drug-likeness (QED) is 0.910. The molecule has 2 aromatic rings. The van der Waals surface area contributed by atoms with Gasteiger partial charge in [0.15, 0.2) is 0 Å². The van der Waals surface area contributed by atoms with Gasteiger partial charge in [-0.05, 0) is 39.1 Å². The van der Waals surface area contributed by atoms with Crippen LogP contribution in [0.3, 0.4) is 0 Å². The summed E-state index contributed by atoms with van der Waals surface area (Å²) in [6.45, 7) is 4.15. The first-order valence-electron chi connectivity index (χ1n) is 6.67. The third kappa shape index (κ3) is 3.38. The Morgan fingerprint density at radius 2 is 2.10 bits per heavy atom. The summed E-state index contributed by atoms with van der Waals surface area (Å²) in [6, 6.07) is 6.94. The third-order valence-electron chi connectivity index (χ3n) is 3.29. The molecule has 20 heavy (non-hydrogen) atoms. The molecule has 0 bridgehead atoms. The highest BCUT2D eigenvalue weighted by Gasteiger charge is 2.16. The van der Waals surface area contributed by atoms with Gasteiger partial charge in [0.1, 0.15) is 5.82 Å². The Balaban J connectivity index is 2.19. The Morgan fingerprint density at radius 3 is 2.65 bits per heavy atom. The van der Waals surface area contributed by atoms with E-state index in [0.29, 0.717) is 23.0 Å². The van der Waals surface area contributed by atoms with E-state index in [-0.39, 0.29) is 11.9 Å². The fraction of sp³-hybridized carbons (Fsp3) is 0.400. The van der Waals surface area contributed by atoms with E-state index in [0.717, 1.165) is 5.69 Å². The van der Waals surface area contributed by atoms with E-state index in [1.54, 1.807) is 12.1 Å². The monoisotopic (exact) mass is 295 g/mol. The average Bonchev–Trinajstić information content (AvgIpc) is 2.85. The highest BCUT2D eigenvalue weighted by Crippen LogP contribution is 2.23. The zero-order valence-electron chi connectivity index (χ0n) is 11.9. The van der Waals surface area contributed by atoms with Crippen molar-refractivity contribution >= 4 is 11.6 Å². The molecule has 2 rings (SSSR count). The van der Waals surface area contributed by atoms with Gasteiger partial charge in [-0.2, -0.15) is 5.10 Å². The van der Waals surface area contributed by atoms with Gasteiger partial charge in [0.05, 0.1) is 5.69 Å². The maximum Gasteiger partial charge on any atom is 0.129 e. The van der Waals surface area contributed by atoms with Crippen LogP contribution in [-0.4, -0.2) is 16.8 Å². The van der Waals surface area contributed by atoms with Crippen molar-refractivity contribution in [2.45, 2.75) is 32.4 Å². The lowest BCUT2D eigenvalue weighted by molar-refractivity contribution is 0.504. The molecule has 1 aromatic heterocycles. The fourth-order valence-corrected chi connectivity index (χ4v) is 2.29. The van der Waals surface area contributed by atoms with Crippen molar-refractivity contribution in [2.24, 2.45) is 0 Å². The predicted octanol–water partition coefficient (Wildman–Crippen LogP) is 3.76. The molecule has 1 aromatic carbocycles. The number of aromatic nitrogens is 2. The molecule has 0 aliphatic rings. The molecule has 1 atom stereocenters. The zero-order valence-corrected chi connectivity index (χ0v) is 12.7.